The van der Waals surface area contributed by atoms with Crippen LogP contribution in [0.1, 0.15) is 45.1 Å². The number of hydrogen-bond donors (Lipinski definition) is 0. The molecule has 4 aromatic carbocycles. The second-order valence-electron chi connectivity index (χ2n) is 11.3. The number of benzene rings is 4. The highest BCUT2D eigenvalue weighted by atomic mass is 19.1. The summed E-state index contributed by atoms with van der Waals surface area (Å²) >= 11 is 0. The second-order valence-corrected chi connectivity index (χ2v) is 11.3. The molecule has 0 N–H and O–H groups in total. The second kappa shape index (κ2) is 8.80. The first-order valence-corrected chi connectivity index (χ1v) is 13.6. The average Bonchev–Trinajstić information content (AvgIpc) is 3.62. The van der Waals surface area contributed by atoms with E-state index >= 15 is 4.39 Å². The average molecular weight is 500 g/mol. The van der Waals surface area contributed by atoms with Crippen LogP contribution >= 0.6 is 0 Å². The zero-order valence-electron chi connectivity index (χ0n) is 21.8. The molecular formula is C35H30FNO. The third kappa shape index (κ3) is 3.64. The molecule has 0 amide bonds. The van der Waals surface area contributed by atoms with Crippen molar-refractivity contribution in [1.82, 2.24) is 4.98 Å². The maximum absolute atomic E-state index is 15.7. The SMILES string of the molecule is CC(C)(c1ccnc(-c2cccc3c2oc2cc(-c4cccc5ccccc45)cc(F)c23)c1)C1CCCC1. The lowest BCUT2D eigenvalue weighted by Crippen LogP contribution is -2.26. The Labute approximate surface area is 222 Å². The fraction of sp³-hybridized carbons (Fsp3) is 0.229. The van der Waals surface area contributed by atoms with Crippen molar-refractivity contribution in [3.63, 3.8) is 0 Å². The zero-order valence-corrected chi connectivity index (χ0v) is 21.8. The Morgan fingerprint density at radius 3 is 2.42 bits per heavy atom. The molecule has 188 valence electrons. The van der Waals surface area contributed by atoms with Crippen LogP contribution in [0.2, 0.25) is 0 Å². The Morgan fingerprint density at radius 1 is 0.816 bits per heavy atom. The highest BCUT2D eigenvalue weighted by Gasteiger charge is 2.33. The highest BCUT2D eigenvalue weighted by molar-refractivity contribution is 6.11. The molecule has 0 atom stereocenters. The summed E-state index contributed by atoms with van der Waals surface area (Å²) in [5, 5.41) is 3.52. The predicted octanol–water partition coefficient (Wildman–Crippen LogP) is 10.1. The van der Waals surface area contributed by atoms with Crippen molar-refractivity contribution in [2.45, 2.75) is 44.9 Å². The van der Waals surface area contributed by atoms with Crippen molar-refractivity contribution in [3.8, 4) is 22.4 Å². The van der Waals surface area contributed by atoms with Crippen LogP contribution in [0.5, 0.6) is 0 Å². The summed E-state index contributed by atoms with van der Waals surface area (Å²) in [6, 6.07) is 28.2. The Balaban J connectivity index is 1.38. The quantitative estimate of drug-likeness (QED) is 0.241. The molecule has 38 heavy (non-hydrogen) atoms. The molecule has 0 spiro atoms. The smallest absolute Gasteiger partial charge is 0.144 e. The van der Waals surface area contributed by atoms with E-state index in [1.165, 1.54) is 31.2 Å². The van der Waals surface area contributed by atoms with Gasteiger partial charge in [0.1, 0.15) is 17.0 Å². The lowest BCUT2D eigenvalue weighted by Gasteiger charge is -2.32. The summed E-state index contributed by atoms with van der Waals surface area (Å²) in [6.45, 7) is 4.71. The first kappa shape index (κ1) is 23.2. The van der Waals surface area contributed by atoms with Crippen LogP contribution < -0.4 is 0 Å². The van der Waals surface area contributed by atoms with Gasteiger partial charge in [-0.1, -0.05) is 81.3 Å². The molecule has 7 rings (SSSR count). The van der Waals surface area contributed by atoms with Gasteiger partial charge in [0.05, 0.1) is 11.1 Å². The summed E-state index contributed by atoms with van der Waals surface area (Å²) < 4.78 is 22.2. The van der Waals surface area contributed by atoms with Gasteiger partial charge in [0.2, 0.25) is 0 Å². The normalized spacial score (nSPS) is 14.7. The van der Waals surface area contributed by atoms with E-state index in [-0.39, 0.29) is 11.2 Å². The summed E-state index contributed by atoms with van der Waals surface area (Å²) in [4.78, 5) is 4.74. The van der Waals surface area contributed by atoms with E-state index < -0.39 is 0 Å². The number of para-hydroxylation sites is 1. The van der Waals surface area contributed by atoms with Crippen LogP contribution in [-0.2, 0) is 5.41 Å². The fourth-order valence-corrected chi connectivity index (χ4v) is 6.57. The van der Waals surface area contributed by atoms with Gasteiger partial charge in [-0.3, -0.25) is 4.98 Å². The van der Waals surface area contributed by atoms with E-state index in [9.17, 15) is 0 Å². The van der Waals surface area contributed by atoms with Gasteiger partial charge in [0.25, 0.3) is 0 Å². The van der Waals surface area contributed by atoms with Crippen LogP contribution in [0.15, 0.2) is 95.5 Å². The number of pyridine rings is 1. The maximum Gasteiger partial charge on any atom is 0.144 e. The molecule has 1 aliphatic carbocycles. The van der Waals surface area contributed by atoms with Crippen LogP contribution in [0, 0.1) is 11.7 Å². The molecule has 2 heterocycles. The molecule has 0 unspecified atom stereocenters. The number of hydrogen-bond acceptors (Lipinski definition) is 2. The molecule has 0 bridgehead atoms. The van der Waals surface area contributed by atoms with Gasteiger partial charge in [-0.15, -0.1) is 0 Å². The van der Waals surface area contributed by atoms with Crippen molar-refractivity contribution < 1.29 is 8.81 Å². The van der Waals surface area contributed by atoms with E-state index in [1.807, 2.05) is 54.7 Å². The number of aromatic nitrogens is 1. The third-order valence-electron chi connectivity index (χ3n) is 8.81. The lowest BCUT2D eigenvalue weighted by molar-refractivity contribution is 0.325. The van der Waals surface area contributed by atoms with Gasteiger partial charge >= 0.3 is 0 Å². The number of furan rings is 1. The molecule has 1 aliphatic rings. The topological polar surface area (TPSA) is 26.0 Å². The van der Waals surface area contributed by atoms with Crippen molar-refractivity contribution in [2.75, 3.05) is 0 Å². The molecule has 1 saturated carbocycles. The van der Waals surface area contributed by atoms with Gasteiger partial charge in [-0.25, -0.2) is 4.39 Å². The predicted molar refractivity (Wildman–Crippen MR) is 155 cm³/mol. The minimum Gasteiger partial charge on any atom is -0.455 e. The standard InChI is InChI=1S/C35H30FNO/c1-35(2,24-11-4-5-12-24)25-17-18-37-31(21-25)28-15-8-16-29-33-30(36)19-23(20-32(33)38-34(28)29)27-14-7-10-22-9-3-6-13-26(22)27/h3,6-10,13-21,24H,4-5,11-12H2,1-2H3. The molecule has 0 radical (unpaired) electrons. The van der Waals surface area contributed by atoms with E-state index in [4.69, 9.17) is 9.40 Å². The Morgan fingerprint density at radius 2 is 1.55 bits per heavy atom. The minimum atomic E-state index is -0.273. The summed E-state index contributed by atoms with van der Waals surface area (Å²) in [6.07, 6.45) is 7.10. The first-order chi connectivity index (χ1) is 18.5. The van der Waals surface area contributed by atoms with E-state index in [0.29, 0.717) is 22.5 Å². The van der Waals surface area contributed by atoms with E-state index in [2.05, 4.69) is 44.2 Å². The first-order valence-electron chi connectivity index (χ1n) is 13.6. The lowest BCUT2D eigenvalue weighted by atomic mass is 9.72. The number of rotatable bonds is 4. The van der Waals surface area contributed by atoms with Gasteiger partial charge in [0, 0.05) is 17.1 Å². The highest BCUT2D eigenvalue weighted by Crippen LogP contribution is 2.44. The van der Waals surface area contributed by atoms with Crippen molar-refractivity contribution in [2.24, 2.45) is 5.92 Å². The van der Waals surface area contributed by atoms with Crippen molar-refractivity contribution in [1.29, 1.82) is 0 Å². The molecule has 2 nitrogen and oxygen atoms in total. The summed E-state index contributed by atoms with van der Waals surface area (Å²) in [5.74, 6) is 0.409. The van der Waals surface area contributed by atoms with Gasteiger partial charge in [-0.2, -0.15) is 0 Å². The van der Waals surface area contributed by atoms with Gasteiger partial charge < -0.3 is 4.42 Å². The van der Waals surface area contributed by atoms with Crippen LogP contribution in [0.3, 0.4) is 0 Å². The molecule has 3 heteroatoms. The molecule has 6 aromatic rings. The Hall–Kier alpha value is -3.98. The van der Waals surface area contributed by atoms with Crippen LogP contribution in [-0.4, -0.2) is 4.98 Å². The maximum atomic E-state index is 15.7. The van der Waals surface area contributed by atoms with Crippen LogP contribution in [0.4, 0.5) is 4.39 Å². The van der Waals surface area contributed by atoms with Crippen molar-refractivity contribution in [3.05, 3.63) is 103 Å². The van der Waals surface area contributed by atoms with Crippen molar-refractivity contribution >= 4 is 32.7 Å². The number of halogens is 1. The fourth-order valence-electron chi connectivity index (χ4n) is 6.57. The van der Waals surface area contributed by atoms with E-state index in [0.717, 1.165) is 38.5 Å². The molecule has 1 fully saturated rings. The van der Waals surface area contributed by atoms with E-state index in [1.54, 1.807) is 6.07 Å². The largest absolute Gasteiger partial charge is 0.455 e. The van der Waals surface area contributed by atoms with Gasteiger partial charge in [0.15, 0.2) is 0 Å². The number of nitrogens with zero attached hydrogens (tertiary/aromatic N) is 1. The zero-order chi connectivity index (χ0) is 25.9. The molecule has 0 saturated heterocycles. The van der Waals surface area contributed by atoms with Crippen LogP contribution in [0.25, 0.3) is 55.1 Å². The minimum absolute atomic E-state index is 0.0788. The van der Waals surface area contributed by atoms with Gasteiger partial charge in [-0.05, 0) is 82.0 Å². The summed E-state index contributed by atoms with van der Waals surface area (Å²) in [7, 11) is 0. The molecule has 2 aromatic heterocycles. The Bertz CT molecular complexity index is 1820. The summed E-state index contributed by atoms with van der Waals surface area (Å²) in [5.41, 5.74) is 6.18. The Kier molecular flexibility index (Phi) is 5.36. The third-order valence-corrected chi connectivity index (χ3v) is 8.81. The monoisotopic (exact) mass is 499 g/mol. The molecular weight excluding hydrogens is 469 g/mol. The molecule has 0 aliphatic heterocycles. The number of fused-ring (bicyclic) bond motifs is 4.